The van der Waals surface area contributed by atoms with Crippen molar-refractivity contribution in [3.8, 4) is 0 Å². The topological polar surface area (TPSA) is 86.7 Å². The Morgan fingerprint density at radius 2 is 1.91 bits per heavy atom. The number of nitrogens with zero attached hydrogens (tertiary/aromatic N) is 1. The van der Waals surface area contributed by atoms with E-state index in [1.807, 2.05) is 4.90 Å². The van der Waals surface area contributed by atoms with Crippen LogP contribution in [-0.4, -0.2) is 46.8 Å². The number of amides is 1. The number of anilines is 1. The summed E-state index contributed by atoms with van der Waals surface area (Å²) >= 11 is 0. The Kier molecular flexibility index (Phi) is 5.50. The number of hydrogen-bond donors (Lipinski definition) is 2. The highest BCUT2D eigenvalue weighted by Gasteiger charge is 2.30. The van der Waals surface area contributed by atoms with Crippen LogP contribution >= 0.6 is 0 Å². The molecule has 6 nitrogen and oxygen atoms in total. The van der Waals surface area contributed by atoms with Gasteiger partial charge in [-0.1, -0.05) is 0 Å². The molecular weight excluding hydrogens is 296 g/mol. The van der Waals surface area contributed by atoms with E-state index in [4.69, 9.17) is 5.11 Å². The van der Waals surface area contributed by atoms with Gasteiger partial charge >= 0.3 is 5.97 Å². The van der Waals surface area contributed by atoms with Gasteiger partial charge in [0.05, 0.1) is 12.0 Å². The summed E-state index contributed by atoms with van der Waals surface area (Å²) in [5.74, 6) is -1.41. The molecule has 2 unspecified atom stereocenters. The molecule has 1 aromatic rings. The molecule has 0 spiro atoms. The first kappa shape index (κ1) is 17.1. The number of hydrogen-bond acceptors (Lipinski definition) is 4. The molecule has 2 rings (SSSR count). The van der Waals surface area contributed by atoms with Gasteiger partial charge in [0.25, 0.3) is 0 Å². The number of carboxylic acid groups (broad SMARTS) is 1. The Morgan fingerprint density at radius 3 is 2.48 bits per heavy atom. The lowest BCUT2D eigenvalue weighted by molar-refractivity contribution is -0.144. The van der Waals surface area contributed by atoms with Crippen molar-refractivity contribution in [2.45, 2.75) is 32.7 Å². The average Bonchev–Trinajstić information content (AvgIpc) is 2.54. The largest absolute Gasteiger partial charge is 0.481 e. The monoisotopic (exact) mass is 318 g/mol. The molecule has 1 amide bonds. The lowest BCUT2D eigenvalue weighted by Gasteiger charge is -2.34. The molecule has 0 aromatic heterocycles. The van der Waals surface area contributed by atoms with Crippen molar-refractivity contribution in [3.63, 3.8) is 0 Å². The van der Waals surface area contributed by atoms with Crippen molar-refractivity contribution in [2.75, 3.05) is 18.4 Å². The van der Waals surface area contributed by atoms with Gasteiger partial charge in [-0.25, -0.2) is 0 Å². The lowest BCUT2D eigenvalue weighted by atomic mass is 9.97. The fraction of sp³-hybridized carbons (Fsp3) is 0.471. The van der Waals surface area contributed by atoms with Crippen molar-refractivity contribution in [3.05, 3.63) is 29.8 Å². The maximum absolute atomic E-state index is 12.3. The smallest absolute Gasteiger partial charge is 0.307 e. The van der Waals surface area contributed by atoms with Crippen LogP contribution in [0.1, 0.15) is 37.0 Å². The van der Waals surface area contributed by atoms with E-state index in [0.29, 0.717) is 24.2 Å². The second kappa shape index (κ2) is 7.37. The van der Waals surface area contributed by atoms with E-state index in [0.717, 1.165) is 13.0 Å². The summed E-state index contributed by atoms with van der Waals surface area (Å²) in [6, 6.07) is 6.33. The number of Topliss-reactive ketones (excluding diaryl/α,β-unsaturated/α-hetero) is 1. The van der Waals surface area contributed by atoms with Crippen molar-refractivity contribution >= 4 is 23.3 Å². The van der Waals surface area contributed by atoms with Crippen LogP contribution in [-0.2, 0) is 9.59 Å². The molecule has 0 radical (unpaired) electrons. The van der Waals surface area contributed by atoms with E-state index >= 15 is 0 Å². The van der Waals surface area contributed by atoms with E-state index in [9.17, 15) is 14.4 Å². The van der Waals surface area contributed by atoms with Gasteiger partial charge in [-0.2, -0.15) is 0 Å². The molecule has 1 aromatic carbocycles. The van der Waals surface area contributed by atoms with Crippen LogP contribution in [0.5, 0.6) is 0 Å². The second-order valence-electron chi connectivity index (χ2n) is 5.97. The normalized spacial score (nSPS) is 19.8. The fourth-order valence-electron chi connectivity index (χ4n) is 2.76. The molecule has 2 atom stereocenters. The number of carboxylic acids is 1. The average molecular weight is 318 g/mol. The molecule has 1 aliphatic rings. The number of piperidine rings is 1. The summed E-state index contributed by atoms with van der Waals surface area (Å²) in [4.78, 5) is 36.6. The highest BCUT2D eigenvalue weighted by Crippen LogP contribution is 2.19. The maximum Gasteiger partial charge on any atom is 0.307 e. The van der Waals surface area contributed by atoms with Gasteiger partial charge in [0.15, 0.2) is 5.78 Å². The minimum atomic E-state index is -0.804. The van der Waals surface area contributed by atoms with Crippen molar-refractivity contribution in [2.24, 2.45) is 5.92 Å². The van der Waals surface area contributed by atoms with Crippen LogP contribution in [0.4, 0.5) is 5.69 Å². The van der Waals surface area contributed by atoms with Gasteiger partial charge in [0.1, 0.15) is 0 Å². The summed E-state index contributed by atoms with van der Waals surface area (Å²) in [7, 11) is 0. The molecule has 0 bridgehead atoms. The number of ketones is 1. The number of carbonyl (C=O) groups is 3. The Bertz CT molecular complexity index is 597. The van der Waals surface area contributed by atoms with Crippen LogP contribution in [0, 0.1) is 5.92 Å². The Labute approximate surface area is 135 Å². The van der Waals surface area contributed by atoms with Crippen molar-refractivity contribution in [1.82, 2.24) is 4.90 Å². The van der Waals surface area contributed by atoms with Crippen molar-refractivity contribution < 1.29 is 19.5 Å². The number of benzene rings is 1. The first-order valence-electron chi connectivity index (χ1n) is 7.77. The van der Waals surface area contributed by atoms with E-state index < -0.39 is 17.9 Å². The molecule has 124 valence electrons. The Morgan fingerprint density at radius 1 is 1.26 bits per heavy atom. The molecule has 23 heavy (non-hydrogen) atoms. The summed E-state index contributed by atoms with van der Waals surface area (Å²) < 4.78 is 0. The molecule has 0 aliphatic carbocycles. The lowest BCUT2D eigenvalue weighted by Crippen LogP contribution is -2.48. The highest BCUT2D eigenvalue weighted by molar-refractivity contribution is 5.97. The minimum Gasteiger partial charge on any atom is -0.481 e. The SMILES string of the molecule is CC(=O)c1ccc(NC(=O)C(C)N2CCCC(C(=O)O)C2)cc1. The molecule has 6 heteroatoms. The third kappa shape index (κ3) is 4.39. The molecule has 2 N–H and O–H groups in total. The molecular formula is C17H22N2O4. The summed E-state index contributed by atoms with van der Waals surface area (Å²) in [6.07, 6.45) is 1.44. The number of likely N-dealkylation sites (tertiary alicyclic amines) is 1. The third-order valence-electron chi connectivity index (χ3n) is 4.29. The summed E-state index contributed by atoms with van der Waals surface area (Å²) in [5.41, 5.74) is 1.22. The Hall–Kier alpha value is -2.21. The van der Waals surface area contributed by atoms with Crippen molar-refractivity contribution in [1.29, 1.82) is 0 Å². The number of aliphatic carboxylic acids is 1. The van der Waals surface area contributed by atoms with Gasteiger partial charge in [0, 0.05) is 17.8 Å². The predicted molar refractivity (Wildman–Crippen MR) is 86.5 cm³/mol. The Balaban J connectivity index is 1.96. The molecule has 1 fully saturated rings. The van der Waals surface area contributed by atoms with Crippen LogP contribution in [0.3, 0.4) is 0 Å². The summed E-state index contributed by atoms with van der Waals surface area (Å²) in [5, 5.41) is 11.9. The minimum absolute atomic E-state index is 0.0238. The van der Waals surface area contributed by atoms with E-state index in [2.05, 4.69) is 5.32 Å². The molecule has 1 aliphatic heterocycles. The van der Waals surface area contributed by atoms with Gasteiger partial charge in [-0.15, -0.1) is 0 Å². The zero-order valence-electron chi connectivity index (χ0n) is 13.4. The van der Waals surface area contributed by atoms with Crippen LogP contribution < -0.4 is 5.32 Å². The van der Waals surface area contributed by atoms with Crippen LogP contribution in [0.25, 0.3) is 0 Å². The highest BCUT2D eigenvalue weighted by atomic mass is 16.4. The van der Waals surface area contributed by atoms with Gasteiger partial charge in [-0.3, -0.25) is 19.3 Å². The van der Waals surface area contributed by atoms with E-state index in [1.54, 1.807) is 31.2 Å². The fourth-order valence-corrected chi connectivity index (χ4v) is 2.76. The zero-order valence-corrected chi connectivity index (χ0v) is 13.4. The van der Waals surface area contributed by atoms with Crippen LogP contribution in [0.2, 0.25) is 0 Å². The maximum atomic E-state index is 12.3. The summed E-state index contributed by atoms with van der Waals surface area (Å²) in [6.45, 7) is 4.39. The standard InChI is InChI=1S/C17H22N2O4/c1-11(19-9-3-4-14(10-19)17(22)23)16(21)18-15-7-5-13(6-8-15)12(2)20/h5-8,11,14H,3-4,9-10H2,1-2H3,(H,18,21)(H,22,23). The van der Waals surface area contributed by atoms with Crippen LogP contribution in [0.15, 0.2) is 24.3 Å². The van der Waals surface area contributed by atoms with Gasteiger partial charge in [-0.05, 0) is 57.5 Å². The van der Waals surface area contributed by atoms with Gasteiger partial charge < -0.3 is 10.4 Å². The quantitative estimate of drug-likeness (QED) is 0.811. The first-order valence-corrected chi connectivity index (χ1v) is 7.77. The predicted octanol–water partition coefficient (Wildman–Crippen LogP) is 2.01. The van der Waals surface area contributed by atoms with E-state index in [-0.39, 0.29) is 11.7 Å². The number of rotatable bonds is 5. The number of carbonyl (C=O) groups excluding carboxylic acids is 2. The number of nitrogens with one attached hydrogen (secondary N) is 1. The molecule has 1 saturated heterocycles. The molecule has 0 saturated carbocycles. The van der Waals surface area contributed by atoms with Gasteiger partial charge in [0.2, 0.25) is 5.91 Å². The second-order valence-corrected chi connectivity index (χ2v) is 5.97. The van der Waals surface area contributed by atoms with E-state index in [1.165, 1.54) is 6.92 Å². The zero-order chi connectivity index (χ0) is 17.0. The third-order valence-corrected chi connectivity index (χ3v) is 4.29. The molecule has 1 heterocycles. The first-order chi connectivity index (χ1) is 10.9.